The summed E-state index contributed by atoms with van der Waals surface area (Å²) in [6.07, 6.45) is 82.3. The molecule has 0 aliphatic rings. The summed E-state index contributed by atoms with van der Waals surface area (Å²) in [4.78, 5) is 38.3. The summed E-state index contributed by atoms with van der Waals surface area (Å²) in [5.41, 5.74) is 0. The van der Waals surface area contributed by atoms with Crippen molar-refractivity contribution in [3.05, 3.63) is 109 Å². The fourth-order valence-corrected chi connectivity index (χ4v) is 8.24. The highest BCUT2D eigenvalue weighted by Gasteiger charge is 2.19. The van der Waals surface area contributed by atoms with Crippen molar-refractivity contribution in [1.29, 1.82) is 0 Å². The standard InChI is InChI=1S/C67H112O6/c1-4-7-10-13-16-19-22-25-28-30-32-33-35-36-39-42-45-48-51-54-57-60-66(69)72-63-64(62-71-65(68)59-56-53-50-47-44-41-38-27-24-21-18-15-12-9-6-3)73-67(70)61-58-55-52-49-46-43-40-37-34-31-29-26-23-20-17-14-11-8-5-2/h8-9,11-12,17-18,20-21,25-29,34,37-38,43,46,64H,4-7,10,13-16,19,22-24,30-33,35-36,39-42,44-45,47-63H2,1-3H3/b11-8-,12-9-,20-17-,21-18-,28-25-,29-26-,37-34-,38-27-,46-43-/t64-/m1/s1. The molecule has 0 bridgehead atoms. The van der Waals surface area contributed by atoms with Crippen molar-refractivity contribution in [3.63, 3.8) is 0 Å². The van der Waals surface area contributed by atoms with E-state index in [2.05, 4.69) is 130 Å². The average Bonchev–Trinajstić information content (AvgIpc) is 3.39. The van der Waals surface area contributed by atoms with Gasteiger partial charge in [-0.15, -0.1) is 0 Å². The van der Waals surface area contributed by atoms with Crippen molar-refractivity contribution in [2.45, 2.75) is 284 Å². The smallest absolute Gasteiger partial charge is 0.306 e. The minimum Gasteiger partial charge on any atom is -0.462 e. The molecule has 0 aliphatic carbocycles. The van der Waals surface area contributed by atoms with E-state index >= 15 is 0 Å². The van der Waals surface area contributed by atoms with E-state index in [4.69, 9.17) is 14.2 Å². The lowest BCUT2D eigenvalue weighted by Gasteiger charge is -2.18. The molecule has 0 aromatic heterocycles. The second-order valence-corrected chi connectivity index (χ2v) is 19.8. The SMILES string of the molecule is CC/C=C\C/C=C\C/C=C\C/C=C\C/C=C\CCCCCC(=O)O[C@H](COC(=O)CCCCCCC/C=C\C/C=C\C/C=C\CC)COC(=O)CCCCCCCCCCCCC/C=C\CCCCCCCC. The second kappa shape index (κ2) is 60.6. The second-order valence-electron chi connectivity index (χ2n) is 19.8. The third-order valence-electron chi connectivity index (χ3n) is 12.7. The molecule has 0 rings (SSSR count). The first-order valence-corrected chi connectivity index (χ1v) is 30.4. The van der Waals surface area contributed by atoms with Crippen LogP contribution in [0.15, 0.2) is 109 Å². The predicted octanol–water partition coefficient (Wildman–Crippen LogP) is 20.7. The first-order valence-electron chi connectivity index (χ1n) is 30.4. The molecule has 0 unspecified atom stereocenters. The van der Waals surface area contributed by atoms with Crippen LogP contribution in [0.3, 0.4) is 0 Å². The fourth-order valence-electron chi connectivity index (χ4n) is 8.24. The molecule has 0 saturated carbocycles. The van der Waals surface area contributed by atoms with E-state index < -0.39 is 6.10 Å². The highest BCUT2D eigenvalue weighted by molar-refractivity contribution is 5.71. The molecule has 416 valence electrons. The zero-order valence-corrected chi connectivity index (χ0v) is 47.6. The van der Waals surface area contributed by atoms with E-state index in [1.54, 1.807) is 0 Å². The van der Waals surface area contributed by atoms with E-state index in [-0.39, 0.29) is 37.5 Å². The lowest BCUT2D eigenvalue weighted by molar-refractivity contribution is -0.167. The Morgan fingerprint density at radius 2 is 0.534 bits per heavy atom. The van der Waals surface area contributed by atoms with Gasteiger partial charge in [-0.25, -0.2) is 0 Å². The van der Waals surface area contributed by atoms with E-state index in [9.17, 15) is 14.4 Å². The van der Waals surface area contributed by atoms with Gasteiger partial charge < -0.3 is 14.2 Å². The third-order valence-corrected chi connectivity index (χ3v) is 12.7. The van der Waals surface area contributed by atoms with Gasteiger partial charge in [0.2, 0.25) is 0 Å². The Bertz CT molecular complexity index is 1490. The van der Waals surface area contributed by atoms with Gasteiger partial charge in [-0.05, 0) is 122 Å². The molecule has 6 nitrogen and oxygen atoms in total. The number of unbranched alkanes of at least 4 members (excludes halogenated alkanes) is 25. The van der Waals surface area contributed by atoms with Crippen molar-refractivity contribution < 1.29 is 28.6 Å². The Hall–Kier alpha value is -3.93. The van der Waals surface area contributed by atoms with Crippen LogP contribution in [0.2, 0.25) is 0 Å². The normalized spacial score (nSPS) is 12.9. The molecule has 0 aromatic carbocycles. The lowest BCUT2D eigenvalue weighted by Crippen LogP contribution is -2.30. The van der Waals surface area contributed by atoms with Gasteiger partial charge in [-0.1, -0.05) is 246 Å². The van der Waals surface area contributed by atoms with Crippen LogP contribution in [0.4, 0.5) is 0 Å². The summed E-state index contributed by atoms with van der Waals surface area (Å²) in [6, 6.07) is 0. The van der Waals surface area contributed by atoms with Gasteiger partial charge in [-0.2, -0.15) is 0 Å². The minimum atomic E-state index is -0.806. The summed E-state index contributed by atoms with van der Waals surface area (Å²) in [5, 5.41) is 0. The summed E-state index contributed by atoms with van der Waals surface area (Å²) in [7, 11) is 0. The molecule has 73 heavy (non-hydrogen) atoms. The Morgan fingerprint density at radius 3 is 0.863 bits per heavy atom. The molecule has 0 fully saturated rings. The maximum atomic E-state index is 12.9. The molecule has 0 heterocycles. The van der Waals surface area contributed by atoms with E-state index in [0.29, 0.717) is 12.8 Å². The van der Waals surface area contributed by atoms with E-state index in [1.807, 2.05) is 0 Å². The summed E-state index contributed by atoms with van der Waals surface area (Å²) in [6.45, 7) is 6.38. The first-order chi connectivity index (χ1) is 36.0. The van der Waals surface area contributed by atoms with Crippen LogP contribution in [0.1, 0.15) is 278 Å². The van der Waals surface area contributed by atoms with Gasteiger partial charge >= 0.3 is 17.9 Å². The van der Waals surface area contributed by atoms with E-state index in [1.165, 1.54) is 103 Å². The van der Waals surface area contributed by atoms with Crippen molar-refractivity contribution in [2.24, 2.45) is 0 Å². The Balaban J connectivity index is 4.44. The third kappa shape index (κ3) is 58.8. The van der Waals surface area contributed by atoms with Crippen molar-refractivity contribution in [1.82, 2.24) is 0 Å². The predicted molar refractivity (Wildman–Crippen MR) is 316 cm³/mol. The van der Waals surface area contributed by atoms with Crippen LogP contribution in [0.5, 0.6) is 0 Å². The zero-order valence-electron chi connectivity index (χ0n) is 47.6. The number of allylic oxidation sites excluding steroid dienone is 18. The highest BCUT2D eigenvalue weighted by atomic mass is 16.6. The fraction of sp³-hybridized carbons (Fsp3) is 0.687. The maximum Gasteiger partial charge on any atom is 0.306 e. The molecule has 0 aliphatic heterocycles. The lowest BCUT2D eigenvalue weighted by atomic mass is 10.0. The molecule has 0 radical (unpaired) electrons. The quantitative estimate of drug-likeness (QED) is 0.0261. The van der Waals surface area contributed by atoms with Crippen LogP contribution in [0, 0.1) is 0 Å². The van der Waals surface area contributed by atoms with Crippen molar-refractivity contribution >= 4 is 17.9 Å². The molecular formula is C67H112O6. The molecule has 0 amide bonds. The number of hydrogen-bond donors (Lipinski definition) is 0. The molecule has 1 atom stereocenters. The summed E-state index contributed by atoms with van der Waals surface area (Å²) >= 11 is 0. The largest absolute Gasteiger partial charge is 0.462 e. The molecular weight excluding hydrogens is 901 g/mol. The Labute approximate surface area is 450 Å². The maximum absolute atomic E-state index is 12.9. The Kier molecular flexibility index (Phi) is 57.4. The molecule has 0 N–H and O–H groups in total. The highest BCUT2D eigenvalue weighted by Crippen LogP contribution is 2.15. The molecule has 0 aromatic rings. The number of ether oxygens (including phenoxy) is 3. The number of carbonyl (C=O) groups is 3. The molecule has 0 saturated heterocycles. The van der Waals surface area contributed by atoms with Gasteiger partial charge in [0, 0.05) is 19.3 Å². The topological polar surface area (TPSA) is 78.9 Å². The number of carbonyl (C=O) groups excluding carboxylic acids is 3. The number of rotatable bonds is 54. The van der Waals surface area contributed by atoms with Gasteiger partial charge in [-0.3, -0.25) is 14.4 Å². The molecule has 6 heteroatoms. The Morgan fingerprint density at radius 1 is 0.288 bits per heavy atom. The van der Waals surface area contributed by atoms with Crippen LogP contribution >= 0.6 is 0 Å². The monoisotopic (exact) mass is 1010 g/mol. The summed E-state index contributed by atoms with van der Waals surface area (Å²) < 4.78 is 16.9. The van der Waals surface area contributed by atoms with Gasteiger partial charge in [0.15, 0.2) is 6.10 Å². The van der Waals surface area contributed by atoms with Crippen molar-refractivity contribution in [3.8, 4) is 0 Å². The minimum absolute atomic E-state index is 0.0983. The zero-order chi connectivity index (χ0) is 52.9. The van der Waals surface area contributed by atoms with Gasteiger partial charge in [0.25, 0.3) is 0 Å². The summed E-state index contributed by atoms with van der Waals surface area (Å²) in [5.74, 6) is -0.945. The van der Waals surface area contributed by atoms with Crippen LogP contribution in [0.25, 0.3) is 0 Å². The van der Waals surface area contributed by atoms with Gasteiger partial charge in [0.1, 0.15) is 13.2 Å². The first kappa shape index (κ1) is 69.1. The average molecular weight is 1010 g/mol. The number of esters is 3. The molecule has 0 spiro atoms. The van der Waals surface area contributed by atoms with Crippen LogP contribution in [-0.2, 0) is 28.6 Å². The van der Waals surface area contributed by atoms with Crippen LogP contribution < -0.4 is 0 Å². The van der Waals surface area contributed by atoms with Crippen molar-refractivity contribution in [2.75, 3.05) is 13.2 Å². The number of hydrogen-bond acceptors (Lipinski definition) is 6. The van der Waals surface area contributed by atoms with Gasteiger partial charge in [0.05, 0.1) is 0 Å². The van der Waals surface area contributed by atoms with Crippen LogP contribution in [-0.4, -0.2) is 37.2 Å². The van der Waals surface area contributed by atoms with E-state index in [0.717, 1.165) is 135 Å².